The lowest BCUT2D eigenvalue weighted by atomic mass is 9.77. The third kappa shape index (κ3) is 13.3. The van der Waals surface area contributed by atoms with E-state index in [9.17, 15) is 19.2 Å². The van der Waals surface area contributed by atoms with Gasteiger partial charge in [0.2, 0.25) is 5.91 Å². The van der Waals surface area contributed by atoms with Crippen LogP contribution in [0.5, 0.6) is 5.75 Å². The molecule has 4 rings (SSSR count). The zero-order valence-electron chi connectivity index (χ0n) is 32.6. The Hall–Kier alpha value is -4.23. The first-order chi connectivity index (χ1) is 26.0. The van der Waals surface area contributed by atoms with E-state index in [1.165, 1.54) is 76.7 Å². The fraction of sp³-hybridized carbons (Fsp3) is 0.478. The van der Waals surface area contributed by atoms with Gasteiger partial charge in [0.15, 0.2) is 5.78 Å². The van der Waals surface area contributed by atoms with E-state index in [1.54, 1.807) is 75.4 Å². The van der Waals surface area contributed by atoms with E-state index < -0.39 is 35.1 Å². The Morgan fingerprint density at radius 1 is 0.685 bits per heavy atom. The number of fused-ring (bicyclic) bond motifs is 1. The number of anilines is 1. The van der Waals surface area contributed by atoms with E-state index in [0.717, 1.165) is 29.7 Å². The molecule has 1 N–H and O–H groups in total. The van der Waals surface area contributed by atoms with E-state index in [-0.39, 0.29) is 22.1 Å². The van der Waals surface area contributed by atoms with Crippen molar-refractivity contribution in [3.8, 4) is 5.75 Å². The fourth-order valence-electron chi connectivity index (χ4n) is 6.75. The summed E-state index contributed by atoms with van der Waals surface area (Å²) < 4.78 is 11.1. The van der Waals surface area contributed by atoms with Crippen LogP contribution in [0.2, 0.25) is 5.02 Å². The number of carbonyl (C=O) groups is 4. The molecule has 2 atom stereocenters. The molecule has 290 valence electrons. The van der Waals surface area contributed by atoms with Gasteiger partial charge >= 0.3 is 11.9 Å². The summed E-state index contributed by atoms with van der Waals surface area (Å²) in [6.45, 7) is 7.90. The monoisotopic (exact) mass is 755 g/mol. The number of unbranched alkanes of at least 4 members (excludes halogenated alkanes) is 13. The lowest BCUT2D eigenvalue weighted by molar-refractivity contribution is -0.137. The van der Waals surface area contributed by atoms with Crippen LogP contribution in [0.4, 0.5) is 5.69 Å². The summed E-state index contributed by atoms with van der Waals surface area (Å²) >= 11 is 6.49. The molecule has 1 aliphatic carbocycles. The summed E-state index contributed by atoms with van der Waals surface area (Å²) in [5.41, 5.74) is 0.0120. The van der Waals surface area contributed by atoms with Gasteiger partial charge in [0.25, 0.3) is 0 Å². The first kappa shape index (κ1) is 42.5. The van der Waals surface area contributed by atoms with Gasteiger partial charge in [0, 0.05) is 11.3 Å². The Labute approximate surface area is 326 Å². The number of benzene rings is 3. The van der Waals surface area contributed by atoms with Gasteiger partial charge in [-0.15, -0.1) is 0 Å². The number of carbonyl (C=O) groups excluding carboxylic acids is 4. The van der Waals surface area contributed by atoms with Crippen molar-refractivity contribution in [2.24, 2.45) is 17.3 Å². The summed E-state index contributed by atoms with van der Waals surface area (Å²) in [7, 11) is 0. The molecule has 2 unspecified atom stereocenters. The van der Waals surface area contributed by atoms with Gasteiger partial charge in [-0.05, 0) is 59.3 Å². The molecular formula is C46H58ClNO6. The minimum Gasteiger partial charge on any atom is -0.462 e. The number of amides is 1. The molecule has 0 bridgehead atoms. The van der Waals surface area contributed by atoms with Gasteiger partial charge in [-0.1, -0.05) is 159 Å². The van der Waals surface area contributed by atoms with Crippen molar-refractivity contribution in [1.29, 1.82) is 0 Å². The third-order valence-electron chi connectivity index (χ3n) is 9.90. The zero-order chi connectivity index (χ0) is 38.9. The molecule has 3 aromatic carbocycles. The van der Waals surface area contributed by atoms with Crippen molar-refractivity contribution in [1.82, 2.24) is 0 Å². The van der Waals surface area contributed by atoms with Crippen LogP contribution >= 0.6 is 11.6 Å². The second kappa shape index (κ2) is 21.6. The largest absolute Gasteiger partial charge is 0.462 e. The molecule has 0 aliphatic heterocycles. The van der Waals surface area contributed by atoms with Crippen LogP contribution < -0.4 is 20.5 Å². The molecule has 1 aliphatic rings. The number of rotatable bonds is 22. The lowest BCUT2D eigenvalue weighted by Gasteiger charge is -2.27. The molecule has 7 nitrogen and oxygen atoms in total. The molecule has 8 heteroatoms. The molecule has 0 heterocycles. The standard InChI is InChI=1S/C46H58ClNO6/c1-5-6-7-8-9-10-11-12-13-14-15-16-17-21-28-53-44(51)35-26-27-39(47)40(32-35)48-43(50)41(42(49)46(2,3)4)37-29-33-24-25-34(30-36(33)31-37)45(52)54-38-22-19-18-20-23-38/h18-20,22-27,29-32,37,41H,5-17,21,28H2,1-4H3,(H,48,50). The van der Waals surface area contributed by atoms with Crippen LogP contribution in [-0.4, -0.2) is 30.2 Å². The van der Waals surface area contributed by atoms with Crippen molar-refractivity contribution in [2.45, 2.75) is 118 Å². The molecule has 0 saturated carbocycles. The number of ether oxygens (including phenoxy) is 2. The van der Waals surface area contributed by atoms with E-state index >= 15 is 0 Å². The molecule has 0 radical (unpaired) electrons. The topological polar surface area (TPSA) is 98.8 Å². The average Bonchev–Trinajstić information content (AvgIpc) is 3.57. The van der Waals surface area contributed by atoms with Gasteiger partial charge in [0.1, 0.15) is 11.7 Å². The second-order valence-corrected chi connectivity index (χ2v) is 15.9. The second-order valence-electron chi connectivity index (χ2n) is 15.5. The number of hydrogen-bond donors (Lipinski definition) is 1. The first-order valence-electron chi connectivity index (χ1n) is 19.9. The summed E-state index contributed by atoms with van der Waals surface area (Å²) in [5, 5.41) is 4.59. The number of nitrogens with one attached hydrogen (secondary N) is 1. The normalized spacial score (nSPS) is 14.0. The average molecular weight is 756 g/mol. The van der Waals surface area contributed by atoms with Crippen LogP contribution in [0.3, 0.4) is 0 Å². The highest BCUT2D eigenvalue weighted by atomic mass is 35.5. The van der Waals surface area contributed by atoms with Crippen LogP contribution in [0.25, 0.3) is 12.2 Å². The molecule has 0 fully saturated rings. The first-order valence-corrected chi connectivity index (χ1v) is 20.3. The zero-order valence-corrected chi connectivity index (χ0v) is 33.4. The highest BCUT2D eigenvalue weighted by Gasteiger charge is 2.39. The van der Waals surface area contributed by atoms with Crippen molar-refractivity contribution >= 4 is 53.1 Å². The summed E-state index contributed by atoms with van der Waals surface area (Å²) in [6.07, 6.45) is 21.2. The van der Waals surface area contributed by atoms with Gasteiger partial charge in [-0.25, -0.2) is 9.59 Å². The van der Waals surface area contributed by atoms with Gasteiger partial charge in [0.05, 0.1) is 28.4 Å². The van der Waals surface area contributed by atoms with Crippen LogP contribution in [0, 0.1) is 17.3 Å². The van der Waals surface area contributed by atoms with E-state index in [0.29, 0.717) is 17.9 Å². The van der Waals surface area contributed by atoms with Crippen molar-refractivity contribution in [3.05, 3.63) is 93.3 Å². The molecule has 0 saturated heterocycles. The molecule has 0 spiro atoms. The number of ketones is 1. The highest BCUT2D eigenvalue weighted by molar-refractivity contribution is 6.34. The number of Topliss-reactive ketones (excluding diaryl/α,β-unsaturated/α-hetero) is 1. The van der Waals surface area contributed by atoms with E-state index in [1.807, 2.05) is 18.2 Å². The molecule has 54 heavy (non-hydrogen) atoms. The maximum absolute atomic E-state index is 14.0. The number of esters is 2. The van der Waals surface area contributed by atoms with E-state index in [4.69, 9.17) is 21.1 Å². The molecule has 1 amide bonds. The summed E-state index contributed by atoms with van der Waals surface area (Å²) in [5.74, 6) is -3.03. The van der Waals surface area contributed by atoms with Crippen LogP contribution in [0.1, 0.15) is 138 Å². The minimum absolute atomic E-state index is 0.223. The van der Waals surface area contributed by atoms with Crippen molar-refractivity contribution in [3.63, 3.8) is 0 Å². The van der Waals surface area contributed by atoms with Crippen LogP contribution in [-0.2, 0) is 14.3 Å². The van der Waals surface area contributed by atoms with Gasteiger partial charge < -0.3 is 14.8 Å². The Bertz CT molecular complexity index is 1830. The quantitative estimate of drug-likeness (QED) is 0.0474. The number of para-hydroxylation sites is 1. The van der Waals surface area contributed by atoms with Gasteiger partial charge in [-0.2, -0.15) is 0 Å². The minimum atomic E-state index is -1.09. The predicted molar refractivity (Wildman–Crippen MR) is 218 cm³/mol. The molecule has 3 aromatic rings. The number of halogens is 1. The SMILES string of the molecule is CCCCCCCCCCCCCCCCOC(=O)c1ccc(Cl)c(NC(=O)C(C(=O)C(C)(C)C)C2C=c3ccc(C(=O)Oc4ccccc4)cc3=C2)c1. The predicted octanol–water partition coefficient (Wildman–Crippen LogP) is 10.3. The Morgan fingerprint density at radius 3 is 1.85 bits per heavy atom. The van der Waals surface area contributed by atoms with Crippen LogP contribution in [0.15, 0.2) is 66.7 Å². The maximum atomic E-state index is 14.0. The highest BCUT2D eigenvalue weighted by Crippen LogP contribution is 2.31. The smallest absolute Gasteiger partial charge is 0.343 e. The number of hydrogen-bond acceptors (Lipinski definition) is 6. The van der Waals surface area contributed by atoms with Gasteiger partial charge in [-0.3, -0.25) is 9.59 Å². The lowest BCUT2D eigenvalue weighted by Crippen LogP contribution is -2.40. The molecular weight excluding hydrogens is 698 g/mol. The van der Waals surface area contributed by atoms with E-state index in [2.05, 4.69) is 12.2 Å². The van der Waals surface area contributed by atoms with Crippen molar-refractivity contribution < 1.29 is 28.7 Å². The maximum Gasteiger partial charge on any atom is 0.343 e. The molecule has 0 aromatic heterocycles. The fourth-order valence-corrected chi connectivity index (χ4v) is 6.91. The third-order valence-corrected chi connectivity index (χ3v) is 10.2. The Morgan fingerprint density at radius 2 is 1.24 bits per heavy atom. The summed E-state index contributed by atoms with van der Waals surface area (Å²) in [4.78, 5) is 53.6. The summed E-state index contributed by atoms with van der Waals surface area (Å²) in [6, 6.07) is 18.6. The Balaban J connectivity index is 1.29. The Kier molecular flexibility index (Phi) is 17.0. The van der Waals surface area contributed by atoms with Crippen molar-refractivity contribution in [2.75, 3.05) is 11.9 Å².